The zero-order valence-electron chi connectivity index (χ0n) is 12.9. The molecule has 0 aromatic heterocycles. The van der Waals surface area contributed by atoms with Gasteiger partial charge in [-0.3, -0.25) is 0 Å². The van der Waals surface area contributed by atoms with Gasteiger partial charge in [-0.2, -0.15) is 0 Å². The highest BCUT2D eigenvalue weighted by molar-refractivity contribution is 4.76. The summed E-state index contributed by atoms with van der Waals surface area (Å²) in [4.78, 5) is 0. The fraction of sp³-hybridized carbons (Fsp3) is 1.00. The van der Waals surface area contributed by atoms with Crippen molar-refractivity contribution in [3.8, 4) is 0 Å². The quantitative estimate of drug-likeness (QED) is 0.515. The van der Waals surface area contributed by atoms with E-state index in [1.54, 1.807) is 7.11 Å². The molecule has 1 atom stereocenters. The third-order valence-electron chi connectivity index (χ3n) is 3.32. The van der Waals surface area contributed by atoms with Crippen LogP contribution in [0, 0.1) is 5.41 Å². The molecule has 0 aliphatic heterocycles. The van der Waals surface area contributed by atoms with E-state index in [0.29, 0.717) is 5.41 Å². The SMILES string of the molecule is CCCNCC(C)(CCC)CCOCCCOC. The minimum Gasteiger partial charge on any atom is -0.385 e. The molecule has 1 N–H and O–H groups in total. The van der Waals surface area contributed by atoms with Gasteiger partial charge in [0.1, 0.15) is 0 Å². The Morgan fingerprint density at radius 1 is 1.00 bits per heavy atom. The van der Waals surface area contributed by atoms with E-state index in [1.807, 2.05) is 0 Å². The summed E-state index contributed by atoms with van der Waals surface area (Å²) in [5.41, 5.74) is 0.380. The van der Waals surface area contributed by atoms with Crippen LogP contribution in [0.4, 0.5) is 0 Å². The van der Waals surface area contributed by atoms with Crippen LogP contribution in [0.5, 0.6) is 0 Å². The third-order valence-corrected chi connectivity index (χ3v) is 3.32. The second kappa shape index (κ2) is 11.9. The number of hydrogen-bond donors (Lipinski definition) is 1. The lowest BCUT2D eigenvalue weighted by molar-refractivity contribution is 0.0769. The maximum atomic E-state index is 5.68. The lowest BCUT2D eigenvalue weighted by Gasteiger charge is -2.29. The van der Waals surface area contributed by atoms with Crippen molar-refractivity contribution in [2.45, 2.75) is 52.9 Å². The Labute approximate surface area is 114 Å². The standard InChI is InChI=1S/C15H33NO2/c1-5-8-15(3,14-16-10-6-2)9-13-18-12-7-11-17-4/h16H,5-14H2,1-4H3. The molecule has 0 aliphatic carbocycles. The summed E-state index contributed by atoms with van der Waals surface area (Å²) in [6.45, 7) is 11.6. The Morgan fingerprint density at radius 2 is 1.78 bits per heavy atom. The predicted molar refractivity (Wildman–Crippen MR) is 78.1 cm³/mol. The highest BCUT2D eigenvalue weighted by Gasteiger charge is 2.22. The Kier molecular flexibility index (Phi) is 11.9. The fourth-order valence-corrected chi connectivity index (χ4v) is 2.20. The highest BCUT2D eigenvalue weighted by atomic mass is 16.5. The van der Waals surface area contributed by atoms with Crippen molar-refractivity contribution < 1.29 is 9.47 Å². The molecule has 0 rings (SSSR count). The van der Waals surface area contributed by atoms with E-state index in [2.05, 4.69) is 26.1 Å². The van der Waals surface area contributed by atoms with Crippen LogP contribution in [0.3, 0.4) is 0 Å². The summed E-state index contributed by atoms with van der Waals surface area (Å²) in [5.74, 6) is 0. The largest absolute Gasteiger partial charge is 0.385 e. The molecule has 0 radical (unpaired) electrons. The van der Waals surface area contributed by atoms with Crippen LogP contribution in [0.2, 0.25) is 0 Å². The van der Waals surface area contributed by atoms with Crippen molar-refractivity contribution in [3.05, 3.63) is 0 Å². The third kappa shape index (κ3) is 9.86. The molecule has 0 heterocycles. The van der Waals surface area contributed by atoms with Crippen molar-refractivity contribution in [1.82, 2.24) is 5.32 Å². The van der Waals surface area contributed by atoms with Gasteiger partial charge >= 0.3 is 0 Å². The molecule has 18 heavy (non-hydrogen) atoms. The van der Waals surface area contributed by atoms with E-state index in [9.17, 15) is 0 Å². The molecule has 0 aromatic carbocycles. The van der Waals surface area contributed by atoms with Gasteiger partial charge in [0, 0.05) is 33.5 Å². The van der Waals surface area contributed by atoms with Crippen molar-refractivity contribution in [1.29, 1.82) is 0 Å². The maximum absolute atomic E-state index is 5.68. The Morgan fingerprint density at radius 3 is 2.39 bits per heavy atom. The molecule has 0 saturated carbocycles. The van der Waals surface area contributed by atoms with E-state index in [4.69, 9.17) is 9.47 Å². The first-order valence-corrected chi connectivity index (χ1v) is 7.46. The molecule has 3 nitrogen and oxygen atoms in total. The molecule has 1 unspecified atom stereocenters. The summed E-state index contributed by atoms with van der Waals surface area (Å²) in [7, 11) is 1.73. The van der Waals surface area contributed by atoms with Gasteiger partial charge in [0.25, 0.3) is 0 Å². The van der Waals surface area contributed by atoms with Gasteiger partial charge in [-0.1, -0.05) is 27.2 Å². The van der Waals surface area contributed by atoms with Gasteiger partial charge in [-0.05, 0) is 37.6 Å². The fourth-order valence-electron chi connectivity index (χ4n) is 2.20. The van der Waals surface area contributed by atoms with E-state index < -0.39 is 0 Å². The van der Waals surface area contributed by atoms with Crippen LogP contribution in [-0.2, 0) is 9.47 Å². The first-order valence-electron chi connectivity index (χ1n) is 7.46. The molecule has 0 bridgehead atoms. The van der Waals surface area contributed by atoms with E-state index in [-0.39, 0.29) is 0 Å². The maximum Gasteiger partial charge on any atom is 0.0487 e. The zero-order valence-corrected chi connectivity index (χ0v) is 12.9. The average Bonchev–Trinajstić information content (AvgIpc) is 2.34. The lowest BCUT2D eigenvalue weighted by Crippen LogP contribution is -2.33. The summed E-state index contributed by atoms with van der Waals surface area (Å²) < 4.78 is 10.7. The molecular formula is C15H33NO2. The molecule has 0 aliphatic rings. The number of ether oxygens (including phenoxy) is 2. The van der Waals surface area contributed by atoms with Gasteiger partial charge in [-0.15, -0.1) is 0 Å². The van der Waals surface area contributed by atoms with Gasteiger partial charge in [-0.25, -0.2) is 0 Å². The molecule has 0 spiro atoms. The van der Waals surface area contributed by atoms with Crippen LogP contribution < -0.4 is 5.32 Å². The normalized spacial score (nSPS) is 14.7. The molecule has 0 fully saturated rings. The second-order valence-electron chi connectivity index (χ2n) is 5.45. The molecule has 0 aromatic rings. The van der Waals surface area contributed by atoms with Crippen LogP contribution in [0.15, 0.2) is 0 Å². The van der Waals surface area contributed by atoms with Crippen molar-refractivity contribution in [3.63, 3.8) is 0 Å². The number of hydrogen-bond acceptors (Lipinski definition) is 3. The Balaban J connectivity index is 3.72. The minimum absolute atomic E-state index is 0.380. The van der Waals surface area contributed by atoms with Gasteiger partial charge in [0.05, 0.1) is 0 Å². The molecule has 3 heteroatoms. The summed E-state index contributed by atoms with van der Waals surface area (Å²) >= 11 is 0. The number of nitrogens with one attached hydrogen (secondary N) is 1. The summed E-state index contributed by atoms with van der Waals surface area (Å²) in [5, 5.41) is 3.55. The first-order chi connectivity index (χ1) is 8.68. The molecule has 0 amide bonds. The van der Waals surface area contributed by atoms with Crippen molar-refractivity contribution in [2.24, 2.45) is 5.41 Å². The number of methoxy groups -OCH3 is 1. The summed E-state index contributed by atoms with van der Waals surface area (Å²) in [6, 6.07) is 0. The van der Waals surface area contributed by atoms with Crippen LogP contribution >= 0.6 is 0 Å². The van der Waals surface area contributed by atoms with E-state index >= 15 is 0 Å². The average molecular weight is 259 g/mol. The Hall–Kier alpha value is -0.120. The lowest BCUT2D eigenvalue weighted by atomic mass is 9.82. The molecule has 110 valence electrons. The minimum atomic E-state index is 0.380. The summed E-state index contributed by atoms with van der Waals surface area (Å²) in [6.07, 6.45) is 5.86. The van der Waals surface area contributed by atoms with Gasteiger partial charge in [0.2, 0.25) is 0 Å². The van der Waals surface area contributed by atoms with Crippen LogP contribution in [0.25, 0.3) is 0 Å². The van der Waals surface area contributed by atoms with Crippen LogP contribution in [-0.4, -0.2) is 40.0 Å². The van der Waals surface area contributed by atoms with Gasteiger partial charge < -0.3 is 14.8 Å². The first kappa shape index (κ1) is 17.9. The Bertz CT molecular complexity index is 176. The van der Waals surface area contributed by atoms with Gasteiger partial charge in [0.15, 0.2) is 0 Å². The molecular weight excluding hydrogens is 226 g/mol. The van der Waals surface area contributed by atoms with Crippen molar-refractivity contribution >= 4 is 0 Å². The molecule has 0 saturated heterocycles. The highest BCUT2D eigenvalue weighted by Crippen LogP contribution is 2.26. The van der Waals surface area contributed by atoms with Crippen LogP contribution in [0.1, 0.15) is 52.9 Å². The topological polar surface area (TPSA) is 30.5 Å². The van der Waals surface area contributed by atoms with E-state index in [0.717, 1.165) is 45.8 Å². The predicted octanol–water partition coefficient (Wildman–Crippen LogP) is 3.24. The zero-order chi connectivity index (χ0) is 13.7. The number of rotatable bonds is 13. The monoisotopic (exact) mass is 259 g/mol. The van der Waals surface area contributed by atoms with Crippen molar-refractivity contribution in [2.75, 3.05) is 40.0 Å². The smallest absolute Gasteiger partial charge is 0.0487 e. The van der Waals surface area contributed by atoms with E-state index in [1.165, 1.54) is 19.3 Å². The second-order valence-corrected chi connectivity index (χ2v) is 5.45.